The number of thioether (sulfide) groups is 1. The van der Waals surface area contributed by atoms with Crippen molar-refractivity contribution in [3.8, 4) is 0 Å². The monoisotopic (exact) mass is 437 g/mol. The number of piperidine rings is 1. The van der Waals surface area contributed by atoms with Crippen LogP contribution >= 0.6 is 23.1 Å². The third kappa shape index (κ3) is 3.84. The van der Waals surface area contributed by atoms with Gasteiger partial charge in [0.15, 0.2) is 0 Å². The topological polar surface area (TPSA) is 53.5 Å². The average molecular weight is 438 g/mol. The maximum absolute atomic E-state index is 13.0. The maximum atomic E-state index is 13.0. The molecule has 2 aliphatic rings. The fourth-order valence-corrected chi connectivity index (χ4v) is 6.26. The van der Waals surface area contributed by atoms with Gasteiger partial charge in [-0.25, -0.2) is 4.98 Å². The molecule has 1 aromatic heterocycles. The quantitative estimate of drug-likeness (QED) is 0.602. The number of hydrogen-bond acceptors (Lipinski definition) is 5. The molecule has 0 bridgehead atoms. The highest BCUT2D eigenvalue weighted by molar-refractivity contribution is 8.00. The van der Waals surface area contributed by atoms with Crippen molar-refractivity contribution in [1.82, 2.24) is 9.88 Å². The molecule has 5 rings (SSSR count). The molecule has 0 N–H and O–H groups in total. The number of rotatable bonds is 4. The molecule has 0 unspecified atom stereocenters. The first kappa shape index (κ1) is 19.6. The molecule has 30 heavy (non-hydrogen) atoms. The van der Waals surface area contributed by atoms with Crippen molar-refractivity contribution >= 4 is 50.8 Å². The van der Waals surface area contributed by atoms with Gasteiger partial charge in [-0.3, -0.25) is 9.59 Å². The van der Waals surface area contributed by atoms with E-state index in [0.717, 1.165) is 47.0 Å². The Morgan fingerprint density at radius 3 is 2.87 bits per heavy atom. The Kier molecular flexibility index (Phi) is 5.48. The summed E-state index contributed by atoms with van der Waals surface area (Å²) in [6, 6.07) is 16.1. The molecule has 1 atom stereocenters. The van der Waals surface area contributed by atoms with Crippen LogP contribution in [0, 0.1) is 0 Å². The van der Waals surface area contributed by atoms with Crippen LogP contribution in [-0.4, -0.2) is 47.1 Å². The first-order valence-electron chi connectivity index (χ1n) is 10.3. The summed E-state index contributed by atoms with van der Waals surface area (Å²) in [6.07, 6.45) is 2.42. The maximum Gasteiger partial charge on any atom is 0.237 e. The molecule has 5 nitrogen and oxygen atoms in total. The van der Waals surface area contributed by atoms with Gasteiger partial charge in [0.1, 0.15) is 0 Å². The van der Waals surface area contributed by atoms with Gasteiger partial charge < -0.3 is 9.80 Å². The smallest absolute Gasteiger partial charge is 0.237 e. The highest BCUT2D eigenvalue weighted by Crippen LogP contribution is 2.35. The Labute approximate surface area is 184 Å². The second-order valence-corrected chi connectivity index (χ2v) is 9.83. The fourth-order valence-electron chi connectivity index (χ4n) is 4.23. The molecule has 0 radical (unpaired) electrons. The summed E-state index contributed by atoms with van der Waals surface area (Å²) in [5, 5.41) is 1.13. The summed E-state index contributed by atoms with van der Waals surface area (Å²) in [7, 11) is 0. The minimum absolute atomic E-state index is 0.0810. The fraction of sp³-hybridized carbons (Fsp3) is 0.348. The lowest BCUT2D eigenvalue weighted by atomic mass is 9.98. The molecule has 0 spiro atoms. The van der Waals surface area contributed by atoms with Crippen LogP contribution in [0.1, 0.15) is 30.2 Å². The third-order valence-corrected chi connectivity index (χ3v) is 8.04. The van der Waals surface area contributed by atoms with Crippen molar-refractivity contribution in [2.45, 2.75) is 30.1 Å². The van der Waals surface area contributed by atoms with E-state index in [9.17, 15) is 9.59 Å². The minimum atomic E-state index is 0.0810. The highest BCUT2D eigenvalue weighted by Gasteiger charge is 2.29. The number of carbonyl (C=O) groups is 2. The minimum Gasteiger partial charge on any atom is -0.342 e. The molecule has 2 aromatic carbocycles. The van der Waals surface area contributed by atoms with Gasteiger partial charge in [0.2, 0.25) is 11.8 Å². The number of likely N-dealkylation sites (tertiary alicyclic amines) is 1. The van der Waals surface area contributed by atoms with Crippen LogP contribution in [-0.2, 0) is 9.59 Å². The molecule has 3 heterocycles. The molecule has 1 saturated heterocycles. The number of amides is 2. The van der Waals surface area contributed by atoms with Crippen LogP contribution in [0.2, 0.25) is 0 Å². The van der Waals surface area contributed by atoms with Gasteiger partial charge in [0, 0.05) is 36.9 Å². The third-order valence-electron chi connectivity index (χ3n) is 5.79. The Morgan fingerprint density at radius 1 is 1.13 bits per heavy atom. The SMILES string of the molecule is O=C(CCN1C(=O)CSc2ccccc21)N1CCC[C@@H](c2nc3ccccc3s2)C1. The van der Waals surface area contributed by atoms with Gasteiger partial charge in [-0.2, -0.15) is 0 Å². The van der Waals surface area contributed by atoms with Crippen LogP contribution in [0.25, 0.3) is 10.2 Å². The first-order chi connectivity index (χ1) is 14.7. The van der Waals surface area contributed by atoms with Gasteiger partial charge in [-0.05, 0) is 37.1 Å². The lowest BCUT2D eigenvalue weighted by Gasteiger charge is -2.33. The van der Waals surface area contributed by atoms with E-state index >= 15 is 0 Å². The summed E-state index contributed by atoms with van der Waals surface area (Å²) in [6.45, 7) is 1.96. The van der Waals surface area contributed by atoms with Crippen molar-refractivity contribution in [2.24, 2.45) is 0 Å². The van der Waals surface area contributed by atoms with Crippen molar-refractivity contribution < 1.29 is 9.59 Å². The number of carbonyl (C=O) groups excluding carboxylic acids is 2. The zero-order valence-electron chi connectivity index (χ0n) is 16.6. The standard InChI is InChI=1S/C23H23N3O2S2/c27-21(11-13-26-18-8-2-4-10-20(18)29-15-22(26)28)25-12-5-6-16(14-25)23-24-17-7-1-3-9-19(17)30-23/h1-4,7-10,16H,5-6,11-15H2/t16-/m1/s1. The van der Waals surface area contributed by atoms with E-state index in [-0.39, 0.29) is 11.8 Å². The number of fused-ring (bicyclic) bond motifs is 2. The lowest BCUT2D eigenvalue weighted by Crippen LogP contribution is -2.42. The normalized spacial score (nSPS) is 19.2. The number of hydrogen-bond donors (Lipinski definition) is 0. The van der Waals surface area contributed by atoms with Crippen LogP contribution in [0.5, 0.6) is 0 Å². The Morgan fingerprint density at radius 2 is 1.97 bits per heavy atom. The zero-order chi connectivity index (χ0) is 20.5. The predicted molar refractivity (Wildman–Crippen MR) is 122 cm³/mol. The molecule has 0 saturated carbocycles. The number of benzene rings is 2. The number of anilines is 1. The molecule has 0 aliphatic carbocycles. The molecule has 154 valence electrons. The number of para-hydroxylation sites is 2. The lowest BCUT2D eigenvalue weighted by molar-refractivity contribution is -0.132. The highest BCUT2D eigenvalue weighted by atomic mass is 32.2. The van der Waals surface area contributed by atoms with Gasteiger partial charge in [0.05, 0.1) is 26.7 Å². The predicted octanol–water partition coefficient (Wildman–Crippen LogP) is 4.53. The average Bonchev–Trinajstić information content (AvgIpc) is 3.23. The number of nitrogens with zero attached hydrogens (tertiary/aromatic N) is 3. The molecular weight excluding hydrogens is 414 g/mol. The summed E-state index contributed by atoms with van der Waals surface area (Å²) in [5.41, 5.74) is 1.97. The van der Waals surface area contributed by atoms with Gasteiger partial charge in [0.25, 0.3) is 0 Å². The van der Waals surface area contributed by atoms with E-state index in [1.165, 1.54) is 4.70 Å². The summed E-state index contributed by atoms with van der Waals surface area (Å²) >= 11 is 3.31. The number of aromatic nitrogens is 1. The second-order valence-electron chi connectivity index (χ2n) is 7.75. The number of thiazole rings is 1. The van der Waals surface area contributed by atoms with Crippen molar-refractivity contribution in [3.05, 3.63) is 53.5 Å². The van der Waals surface area contributed by atoms with Crippen molar-refractivity contribution in [1.29, 1.82) is 0 Å². The van der Waals surface area contributed by atoms with Crippen LogP contribution in [0.3, 0.4) is 0 Å². The van der Waals surface area contributed by atoms with Crippen molar-refractivity contribution in [3.63, 3.8) is 0 Å². The van der Waals surface area contributed by atoms with Crippen molar-refractivity contribution in [2.75, 3.05) is 30.3 Å². The van der Waals surface area contributed by atoms with E-state index in [2.05, 4.69) is 6.07 Å². The zero-order valence-corrected chi connectivity index (χ0v) is 18.3. The van der Waals surface area contributed by atoms with Gasteiger partial charge >= 0.3 is 0 Å². The van der Waals surface area contributed by atoms with E-state index in [4.69, 9.17) is 4.98 Å². The van der Waals surface area contributed by atoms with Gasteiger partial charge in [-0.15, -0.1) is 23.1 Å². The second kappa shape index (κ2) is 8.40. The van der Waals surface area contributed by atoms with E-state index in [1.54, 1.807) is 28.0 Å². The van der Waals surface area contributed by atoms with E-state index < -0.39 is 0 Å². The Bertz CT molecular complexity index is 1060. The molecule has 1 fully saturated rings. The summed E-state index contributed by atoms with van der Waals surface area (Å²) < 4.78 is 1.20. The van der Waals surface area contributed by atoms with Gasteiger partial charge in [-0.1, -0.05) is 24.3 Å². The molecular formula is C23H23N3O2S2. The molecule has 3 aromatic rings. The van der Waals surface area contributed by atoms with Crippen LogP contribution in [0.15, 0.2) is 53.4 Å². The molecule has 2 aliphatic heterocycles. The van der Waals surface area contributed by atoms with Crippen LogP contribution < -0.4 is 4.90 Å². The largest absolute Gasteiger partial charge is 0.342 e. The first-order valence-corrected chi connectivity index (χ1v) is 12.1. The van der Waals surface area contributed by atoms with Crippen LogP contribution in [0.4, 0.5) is 5.69 Å². The Balaban J connectivity index is 1.25. The van der Waals surface area contributed by atoms with E-state index in [1.807, 2.05) is 47.4 Å². The molecule has 7 heteroatoms. The summed E-state index contributed by atoms with van der Waals surface area (Å²) in [5.74, 6) is 0.949. The summed E-state index contributed by atoms with van der Waals surface area (Å²) in [4.78, 5) is 35.1. The Hall–Kier alpha value is -2.38. The van der Waals surface area contributed by atoms with E-state index in [0.29, 0.717) is 24.6 Å². The molecule has 2 amide bonds.